The van der Waals surface area contributed by atoms with Crippen LogP contribution in [0.15, 0.2) is 203 Å². The van der Waals surface area contributed by atoms with E-state index in [1.165, 1.54) is 5.39 Å². The Morgan fingerprint density at radius 2 is 0.857 bits per heavy atom. The van der Waals surface area contributed by atoms with Gasteiger partial charge in [-0.05, 0) is 120 Å². The molecule has 0 fully saturated rings. The molecule has 3 heterocycles. The maximum atomic E-state index is 6.13. The first-order valence-electron chi connectivity index (χ1n) is 18.6. The molecule has 0 amide bonds. The van der Waals surface area contributed by atoms with Crippen LogP contribution in [0.3, 0.4) is 0 Å². The standard InChI is InChI=1S/C50H32N4O2/c1-2-10-37(11-3-1)53(39-29-22-35(23-30-39)49-51-43-13-5-8-16-47(43)55-49)38-25-18-33(19-26-38)34-20-27-40(28-21-34)54-45-15-7-4-12-41(45)42-32-36(24-31-46(42)54)50-52-44-14-6-9-17-48(44)56-50/h1-32H. The third-order valence-corrected chi connectivity index (χ3v) is 10.5. The minimum absolute atomic E-state index is 0.614. The Hall–Kier alpha value is -7.70. The third kappa shape index (κ3) is 5.43. The van der Waals surface area contributed by atoms with Crippen LogP contribution in [0.1, 0.15) is 0 Å². The first-order chi connectivity index (χ1) is 27.7. The molecule has 0 atom stereocenters. The summed E-state index contributed by atoms with van der Waals surface area (Å²) >= 11 is 0. The third-order valence-electron chi connectivity index (χ3n) is 10.5. The van der Waals surface area contributed by atoms with Crippen molar-refractivity contribution in [1.29, 1.82) is 0 Å². The Morgan fingerprint density at radius 3 is 1.50 bits per heavy atom. The van der Waals surface area contributed by atoms with E-state index in [1.807, 2.05) is 54.6 Å². The SMILES string of the molecule is c1ccc(N(c2ccc(-c3ccc(-n4c5ccccc5c5cc(-c6nc7ccccc7o6)ccc54)cc3)cc2)c2ccc(-c3nc4ccccc4o3)cc2)cc1. The normalized spacial score (nSPS) is 11.6. The summed E-state index contributed by atoms with van der Waals surface area (Å²) in [5.41, 5.74) is 14.0. The van der Waals surface area contributed by atoms with E-state index in [2.05, 4.69) is 149 Å². The lowest BCUT2D eigenvalue weighted by atomic mass is 10.0. The van der Waals surface area contributed by atoms with Gasteiger partial charge in [0.15, 0.2) is 11.2 Å². The number of aromatic nitrogens is 3. The summed E-state index contributed by atoms with van der Waals surface area (Å²) in [6.07, 6.45) is 0. The van der Waals surface area contributed by atoms with Crippen LogP contribution in [0.25, 0.3) is 83.7 Å². The quantitative estimate of drug-likeness (QED) is 0.164. The van der Waals surface area contributed by atoms with Gasteiger partial charge >= 0.3 is 0 Å². The summed E-state index contributed by atoms with van der Waals surface area (Å²) in [6.45, 7) is 0. The van der Waals surface area contributed by atoms with Crippen molar-refractivity contribution in [2.24, 2.45) is 0 Å². The Bertz CT molecular complexity index is 3110. The van der Waals surface area contributed by atoms with Crippen molar-refractivity contribution in [2.75, 3.05) is 4.90 Å². The van der Waals surface area contributed by atoms with Crippen LogP contribution in [0.4, 0.5) is 17.1 Å². The maximum absolute atomic E-state index is 6.13. The smallest absolute Gasteiger partial charge is 0.227 e. The second-order valence-corrected chi connectivity index (χ2v) is 13.9. The lowest BCUT2D eigenvalue weighted by Crippen LogP contribution is -2.09. The number of anilines is 3. The molecule has 0 radical (unpaired) electrons. The predicted octanol–water partition coefficient (Wildman–Crippen LogP) is 13.5. The van der Waals surface area contributed by atoms with E-state index >= 15 is 0 Å². The zero-order chi connectivity index (χ0) is 37.0. The highest BCUT2D eigenvalue weighted by atomic mass is 16.4. The molecule has 6 nitrogen and oxygen atoms in total. The first kappa shape index (κ1) is 31.8. The van der Waals surface area contributed by atoms with E-state index in [1.54, 1.807) is 0 Å². The lowest BCUT2D eigenvalue weighted by Gasteiger charge is -2.25. The van der Waals surface area contributed by atoms with Gasteiger partial charge in [0.25, 0.3) is 0 Å². The Morgan fingerprint density at radius 1 is 0.375 bits per heavy atom. The highest BCUT2D eigenvalue weighted by Gasteiger charge is 2.17. The van der Waals surface area contributed by atoms with Crippen molar-refractivity contribution in [3.63, 3.8) is 0 Å². The van der Waals surface area contributed by atoms with E-state index in [4.69, 9.17) is 18.8 Å². The van der Waals surface area contributed by atoms with Crippen LogP contribution in [0.5, 0.6) is 0 Å². The zero-order valence-corrected chi connectivity index (χ0v) is 30.1. The molecule has 8 aromatic carbocycles. The van der Waals surface area contributed by atoms with Gasteiger partial charge in [0, 0.05) is 44.6 Å². The summed E-state index contributed by atoms with van der Waals surface area (Å²) in [7, 11) is 0. The number of nitrogens with zero attached hydrogens (tertiary/aromatic N) is 4. The summed E-state index contributed by atoms with van der Waals surface area (Å²) in [5.74, 6) is 1.24. The van der Waals surface area contributed by atoms with E-state index in [-0.39, 0.29) is 0 Å². The molecule has 0 aliphatic carbocycles. The van der Waals surface area contributed by atoms with Gasteiger partial charge < -0.3 is 18.3 Å². The lowest BCUT2D eigenvalue weighted by molar-refractivity contribution is 0.619. The van der Waals surface area contributed by atoms with Crippen LogP contribution in [-0.4, -0.2) is 14.5 Å². The van der Waals surface area contributed by atoms with Crippen LogP contribution < -0.4 is 4.90 Å². The summed E-state index contributed by atoms with van der Waals surface area (Å²) < 4.78 is 14.5. The monoisotopic (exact) mass is 720 g/mol. The highest BCUT2D eigenvalue weighted by Crippen LogP contribution is 2.38. The van der Waals surface area contributed by atoms with Gasteiger partial charge in [0.1, 0.15) is 11.0 Å². The van der Waals surface area contributed by atoms with Gasteiger partial charge in [0.2, 0.25) is 11.8 Å². The molecule has 0 aliphatic rings. The second kappa shape index (κ2) is 13.0. The molecule has 0 N–H and O–H groups in total. The van der Waals surface area contributed by atoms with Gasteiger partial charge in [0.05, 0.1) is 11.0 Å². The summed E-state index contributed by atoms with van der Waals surface area (Å²) in [6, 6.07) is 67.2. The fourth-order valence-electron chi connectivity index (χ4n) is 7.76. The summed E-state index contributed by atoms with van der Waals surface area (Å²) in [5, 5.41) is 2.34. The van der Waals surface area contributed by atoms with Crippen molar-refractivity contribution < 1.29 is 8.83 Å². The van der Waals surface area contributed by atoms with E-state index in [9.17, 15) is 0 Å². The molecule has 0 saturated heterocycles. The maximum Gasteiger partial charge on any atom is 0.227 e. The van der Waals surface area contributed by atoms with Crippen LogP contribution >= 0.6 is 0 Å². The predicted molar refractivity (Wildman–Crippen MR) is 227 cm³/mol. The molecule has 0 aliphatic heterocycles. The molecular weight excluding hydrogens is 689 g/mol. The average molecular weight is 721 g/mol. The van der Waals surface area contributed by atoms with Crippen LogP contribution in [0.2, 0.25) is 0 Å². The number of rotatable bonds is 7. The van der Waals surface area contributed by atoms with Crippen molar-refractivity contribution >= 4 is 61.1 Å². The molecule has 264 valence electrons. The van der Waals surface area contributed by atoms with Crippen LogP contribution in [0, 0.1) is 0 Å². The van der Waals surface area contributed by atoms with E-state index in [0.29, 0.717) is 11.8 Å². The highest BCUT2D eigenvalue weighted by molar-refractivity contribution is 6.10. The molecular formula is C50H32N4O2. The van der Waals surface area contributed by atoms with Crippen molar-refractivity contribution in [1.82, 2.24) is 14.5 Å². The molecule has 11 aromatic rings. The fraction of sp³-hybridized carbons (Fsp3) is 0. The number of benzene rings is 8. The topological polar surface area (TPSA) is 60.2 Å². The molecule has 0 unspecified atom stereocenters. The fourth-order valence-corrected chi connectivity index (χ4v) is 7.76. The molecule has 6 heteroatoms. The minimum atomic E-state index is 0.614. The number of hydrogen-bond donors (Lipinski definition) is 0. The number of para-hydroxylation sites is 6. The molecule has 11 rings (SSSR count). The van der Waals surface area contributed by atoms with Crippen LogP contribution in [-0.2, 0) is 0 Å². The van der Waals surface area contributed by atoms with Crippen molar-refractivity contribution in [3.8, 4) is 39.7 Å². The first-order valence-corrected chi connectivity index (χ1v) is 18.6. The van der Waals surface area contributed by atoms with Gasteiger partial charge in [-0.3, -0.25) is 0 Å². The molecule has 0 saturated carbocycles. The Kier molecular flexibility index (Phi) is 7.38. The van der Waals surface area contributed by atoms with E-state index in [0.717, 1.165) is 83.6 Å². The number of fused-ring (bicyclic) bond motifs is 5. The van der Waals surface area contributed by atoms with E-state index < -0.39 is 0 Å². The number of hydrogen-bond acceptors (Lipinski definition) is 5. The molecule has 56 heavy (non-hydrogen) atoms. The average Bonchev–Trinajstić information content (AvgIpc) is 3.99. The molecule has 0 bridgehead atoms. The minimum Gasteiger partial charge on any atom is -0.436 e. The molecule has 3 aromatic heterocycles. The second-order valence-electron chi connectivity index (χ2n) is 13.9. The zero-order valence-electron chi connectivity index (χ0n) is 30.1. The van der Waals surface area contributed by atoms with Crippen molar-refractivity contribution in [3.05, 3.63) is 194 Å². The Balaban J connectivity index is 0.905. The van der Waals surface area contributed by atoms with Gasteiger partial charge in [-0.1, -0.05) is 84.9 Å². The van der Waals surface area contributed by atoms with Crippen molar-refractivity contribution in [2.45, 2.75) is 0 Å². The number of oxazole rings is 2. The Labute approximate surface area is 322 Å². The largest absolute Gasteiger partial charge is 0.436 e. The molecule has 0 spiro atoms. The van der Waals surface area contributed by atoms with Gasteiger partial charge in [-0.15, -0.1) is 0 Å². The van der Waals surface area contributed by atoms with Gasteiger partial charge in [-0.2, -0.15) is 0 Å². The summed E-state index contributed by atoms with van der Waals surface area (Å²) in [4.78, 5) is 11.7. The van der Waals surface area contributed by atoms with Gasteiger partial charge in [-0.25, -0.2) is 9.97 Å².